The molecule has 5 rings (SSSR count). The Morgan fingerprint density at radius 1 is 1.24 bits per heavy atom. The van der Waals surface area contributed by atoms with Crippen molar-refractivity contribution in [1.29, 1.82) is 0 Å². The molecule has 1 fully saturated rings. The molecule has 0 aromatic carbocycles. The van der Waals surface area contributed by atoms with Gasteiger partial charge in [0.15, 0.2) is 0 Å². The average Bonchev–Trinajstić information content (AvgIpc) is 3.40. The third kappa shape index (κ3) is 3.55. The number of likely N-dealkylation sites (N-methyl/N-ethyl adjacent to an activating group) is 1. The van der Waals surface area contributed by atoms with Crippen LogP contribution in [0.5, 0.6) is 0 Å². The lowest BCUT2D eigenvalue weighted by molar-refractivity contribution is -0.126. The Morgan fingerprint density at radius 2 is 2.09 bits per heavy atom. The first-order chi connectivity index (χ1) is 16.6. The molecule has 9 nitrogen and oxygen atoms in total. The van der Waals surface area contributed by atoms with Crippen LogP contribution in [0.15, 0.2) is 41.6 Å². The Bertz CT molecular complexity index is 1190. The van der Waals surface area contributed by atoms with Crippen LogP contribution < -0.4 is 10.9 Å². The number of nitrogens with one attached hydrogen (secondary N) is 1. The zero-order valence-corrected chi connectivity index (χ0v) is 19.2. The van der Waals surface area contributed by atoms with Crippen LogP contribution in [0.1, 0.15) is 60.4 Å². The van der Waals surface area contributed by atoms with E-state index in [0.717, 1.165) is 31.3 Å². The van der Waals surface area contributed by atoms with Gasteiger partial charge in [-0.3, -0.25) is 19.4 Å². The Labute approximate surface area is 197 Å². The van der Waals surface area contributed by atoms with Crippen molar-refractivity contribution >= 4 is 17.4 Å². The van der Waals surface area contributed by atoms with Crippen LogP contribution >= 0.6 is 0 Å². The molecule has 2 aromatic rings. The smallest absolute Gasteiger partial charge is 0.275 e. The van der Waals surface area contributed by atoms with Gasteiger partial charge in [-0.1, -0.05) is 6.08 Å². The summed E-state index contributed by atoms with van der Waals surface area (Å²) in [6.07, 6.45) is 10.5. The number of aliphatic hydroxyl groups is 1. The average molecular weight is 464 g/mol. The van der Waals surface area contributed by atoms with Crippen LogP contribution in [0, 0.1) is 11.8 Å². The number of fused-ring (bicyclic) bond motifs is 3. The van der Waals surface area contributed by atoms with Crippen LogP contribution in [0.4, 0.5) is 0 Å². The van der Waals surface area contributed by atoms with Crippen molar-refractivity contribution in [3.05, 3.63) is 64.1 Å². The van der Waals surface area contributed by atoms with Gasteiger partial charge in [-0.2, -0.15) is 0 Å². The summed E-state index contributed by atoms with van der Waals surface area (Å²) >= 11 is 0. The number of hydrogen-bond donors (Lipinski definition) is 2. The molecular weight excluding hydrogens is 434 g/mol. The first-order valence-corrected chi connectivity index (χ1v) is 12.0. The summed E-state index contributed by atoms with van der Waals surface area (Å²) < 4.78 is 1.73. The second kappa shape index (κ2) is 9.13. The molecule has 34 heavy (non-hydrogen) atoms. The minimum atomic E-state index is -0.862. The van der Waals surface area contributed by atoms with Gasteiger partial charge in [0.2, 0.25) is 5.91 Å². The van der Waals surface area contributed by atoms with Gasteiger partial charge in [0.05, 0.1) is 12.2 Å². The van der Waals surface area contributed by atoms with Gasteiger partial charge in [0.1, 0.15) is 11.7 Å². The highest BCUT2D eigenvalue weighted by molar-refractivity contribution is 5.97. The predicted octanol–water partition coefficient (Wildman–Crippen LogP) is 1.54. The summed E-state index contributed by atoms with van der Waals surface area (Å²) in [5.74, 6) is -1.52. The molecular formula is C25H29N5O4. The second-order valence-corrected chi connectivity index (χ2v) is 9.16. The molecule has 2 aromatic heterocycles. The minimum Gasteiger partial charge on any atom is -0.396 e. The molecule has 0 saturated carbocycles. The predicted molar refractivity (Wildman–Crippen MR) is 125 cm³/mol. The molecule has 2 aliphatic heterocycles. The van der Waals surface area contributed by atoms with Crippen molar-refractivity contribution in [2.24, 2.45) is 11.8 Å². The number of carbonyl (C=O) groups excluding carboxylic acids is 2. The Kier molecular flexibility index (Phi) is 6.03. The first kappa shape index (κ1) is 22.5. The fourth-order valence-electron chi connectivity index (χ4n) is 5.86. The molecule has 0 radical (unpaired) electrons. The van der Waals surface area contributed by atoms with E-state index in [9.17, 15) is 19.5 Å². The van der Waals surface area contributed by atoms with E-state index in [1.807, 2.05) is 19.1 Å². The SMILES string of the molecule is CCNC(=O)[C@@H]1[C@@H](CO)[C@@H]2Cn3c(ccc(C4=CCCCC4)c3=O)[C@@H]2N1C(=O)c1cnccn1. The van der Waals surface area contributed by atoms with E-state index < -0.39 is 23.9 Å². The van der Waals surface area contributed by atoms with Crippen molar-refractivity contribution in [2.75, 3.05) is 13.2 Å². The fraction of sp³-hybridized carbons (Fsp3) is 0.480. The number of pyridine rings is 1. The zero-order chi connectivity index (χ0) is 23.8. The van der Waals surface area contributed by atoms with Crippen molar-refractivity contribution < 1.29 is 14.7 Å². The second-order valence-electron chi connectivity index (χ2n) is 9.16. The number of amides is 2. The number of allylic oxidation sites excluding steroid dienone is 2. The van der Waals surface area contributed by atoms with E-state index in [0.29, 0.717) is 24.3 Å². The molecule has 4 heterocycles. The van der Waals surface area contributed by atoms with Crippen molar-refractivity contribution in [3.8, 4) is 0 Å². The minimum absolute atomic E-state index is 0.0711. The van der Waals surface area contributed by atoms with E-state index in [2.05, 4.69) is 21.4 Å². The fourth-order valence-corrected chi connectivity index (χ4v) is 5.86. The molecule has 1 saturated heterocycles. The lowest BCUT2D eigenvalue weighted by Crippen LogP contribution is -2.50. The molecule has 9 heteroatoms. The maximum Gasteiger partial charge on any atom is 0.275 e. The van der Waals surface area contributed by atoms with E-state index in [-0.39, 0.29) is 29.7 Å². The summed E-state index contributed by atoms with van der Waals surface area (Å²) in [5, 5.41) is 13.1. The molecule has 2 amide bonds. The number of likely N-dealkylation sites (tertiary alicyclic amines) is 1. The Balaban J connectivity index is 1.61. The molecule has 3 aliphatic rings. The van der Waals surface area contributed by atoms with E-state index >= 15 is 0 Å². The van der Waals surface area contributed by atoms with Crippen molar-refractivity contribution in [1.82, 2.24) is 24.8 Å². The molecule has 178 valence electrons. The highest BCUT2D eigenvalue weighted by atomic mass is 16.3. The van der Waals surface area contributed by atoms with E-state index in [1.54, 1.807) is 4.57 Å². The van der Waals surface area contributed by atoms with E-state index in [4.69, 9.17) is 0 Å². The Hall–Kier alpha value is -3.33. The van der Waals surface area contributed by atoms with Crippen LogP contribution in [-0.2, 0) is 11.3 Å². The van der Waals surface area contributed by atoms with Gasteiger partial charge in [-0.15, -0.1) is 0 Å². The summed E-state index contributed by atoms with van der Waals surface area (Å²) in [5.41, 5.74) is 2.53. The first-order valence-electron chi connectivity index (χ1n) is 12.0. The molecule has 0 bridgehead atoms. The Morgan fingerprint density at radius 3 is 2.76 bits per heavy atom. The van der Waals surface area contributed by atoms with Crippen LogP contribution in [0.3, 0.4) is 0 Å². The molecule has 1 aliphatic carbocycles. The largest absolute Gasteiger partial charge is 0.396 e. The van der Waals surface area contributed by atoms with Crippen LogP contribution in [0.25, 0.3) is 5.57 Å². The lowest BCUT2D eigenvalue weighted by Gasteiger charge is -2.30. The molecule has 0 unspecified atom stereocenters. The maximum absolute atomic E-state index is 13.6. The van der Waals surface area contributed by atoms with Crippen molar-refractivity contribution in [2.45, 2.75) is 51.2 Å². The number of aromatic nitrogens is 3. The van der Waals surface area contributed by atoms with Gasteiger partial charge in [-0.05, 0) is 50.3 Å². The molecule has 2 N–H and O–H groups in total. The summed E-state index contributed by atoms with van der Waals surface area (Å²) in [6.45, 7) is 2.30. The highest BCUT2D eigenvalue weighted by Crippen LogP contribution is 2.49. The number of nitrogens with zero attached hydrogens (tertiary/aromatic N) is 4. The number of hydrogen-bond acceptors (Lipinski definition) is 6. The lowest BCUT2D eigenvalue weighted by atomic mass is 9.88. The summed E-state index contributed by atoms with van der Waals surface area (Å²) in [7, 11) is 0. The number of aliphatic hydroxyl groups excluding tert-OH is 1. The van der Waals surface area contributed by atoms with Crippen LogP contribution in [0.2, 0.25) is 0 Å². The number of rotatable bonds is 5. The molecule has 0 spiro atoms. The topological polar surface area (TPSA) is 117 Å². The highest BCUT2D eigenvalue weighted by Gasteiger charge is 2.57. The summed E-state index contributed by atoms with van der Waals surface area (Å²) in [6, 6.07) is 2.38. The molecule has 4 atom stereocenters. The number of carbonyl (C=O) groups is 2. The van der Waals surface area contributed by atoms with Gasteiger partial charge >= 0.3 is 0 Å². The normalized spacial score (nSPS) is 25.5. The van der Waals surface area contributed by atoms with Crippen molar-refractivity contribution in [3.63, 3.8) is 0 Å². The van der Waals surface area contributed by atoms with Gasteiger partial charge in [0, 0.05) is 55.2 Å². The maximum atomic E-state index is 13.6. The monoisotopic (exact) mass is 463 g/mol. The van der Waals surface area contributed by atoms with Gasteiger partial charge < -0.3 is 19.9 Å². The third-order valence-corrected chi connectivity index (χ3v) is 7.35. The van der Waals surface area contributed by atoms with Crippen LogP contribution in [-0.4, -0.2) is 55.5 Å². The zero-order valence-electron chi connectivity index (χ0n) is 19.2. The van der Waals surface area contributed by atoms with E-state index in [1.165, 1.54) is 23.5 Å². The quantitative estimate of drug-likeness (QED) is 0.695. The standard InChI is InChI=1S/C25H29N5O4/c1-2-27-23(32)22-18(14-31)17-13-29-20(9-8-16(24(29)33)15-6-4-3-5-7-15)21(17)30(22)25(34)19-12-26-10-11-28-19/h6,8-12,17-18,21-22,31H,2-5,7,13-14H2,1H3,(H,27,32)/t17-,18-,21+,22-/m0/s1. The van der Waals surface area contributed by atoms with Gasteiger partial charge in [-0.25, -0.2) is 4.98 Å². The third-order valence-electron chi connectivity index (χ3n) is 7.35. The van der Waals surface area contributed by atoms with Gasteiger partial charge in [0.25, 0.3) is 11.5 Å². The summed E-state index contributed by atoms with van der Waals surface area (Å²) in [4.78, 5) is 49.9.